The third kappa shape index (κ3) is 8.77. The number of ether oxygens (including phenoxy) is 1. The number of benzene rings is 1. The lowest BCUT2D eigenvalue weighted by atomic mass is 9.74. The minimum absolute atomic E-state index is 0.0218. The number of aromatic nitrogens is 1. The summed E-state index contributed by atoms with van der Waals surface area (Å²) in [6.07, 6.45) is 3.85. The van der Waals surface area contributed by atoms with Crippen molar-refractivity contribution in [3.8, 4) is 5.75 Å². The molecule has 46 heavy (non-hydrogen) atoms. The van der Waals surface area contributed by atoms with Crippen molar-refractivity contribution in [3.63, 3.8) is 0 Å². The van der Waals surface area contributed by atoms with E-state index in [1.807, 2.05) is 0 Å². The first-order valence-electron chi connectivity index (χ1n) is 14.4. The normalized spacial score (nSPS) is 19.8. The maximum atomic E-state index is 13.3. The number of hydrogen-bond acceptors (Lipinski definition) is 13. The van der Waals surface area contributed by atoms with Gasteiger partial charge in [0.1, 0.15) is 23.9 Å². The number of carbonyl (C=O) groups excluding carboxylic acids is 2. The van der Waals surface area contributed by atoms with Crippen LogP contribution in [0.25, 0.3) is 0 Å². The molecule has 2 aromatic rings. The molecular weight excluding hydrogens is 644 g/mol. The second kappa shape index (κ2) is 14.5. The molecule has 2 atom stereocenters. The van der Waals surface area contributed by atoms with Crippen LogP contribution in [-0.2, 0) is 33.9 Å². The van der Waals surface area contributed by atoms with Gasteiger partial charge in [0.25, 0.3) is 12.0 Å². The number of carbonyl (C=O) groups is 3. The minimum atomic E-state index is -4.99. The van der Waals surface area contributed by atoms with E-state index in [1.54, 1.807) is 24.3 Å². The number of hydrogen-bond donors (Lipinski definition) is 4. The average Bonchev–Trinajstić information content (AvgIpc) is 3.44. The molecule has 1 saturated carbocycles. The van der Waals surface area contributed by atoms with Gasteiger partial charge in [-0.05, 0) is 56.9 Å². The number of carboxylic acids is 1. The van der Waals surface area contributed by atoms with Gasteiger partial charge < -0.3 is 26.1 Å². The van der Waals surface area contributed by atoms with Crippen LogP contribution in [0.15, 0.2) is 39.8 Å². The highest BCUT2D eigenvalue weighted by Crippen LogP contribution is 2.40. The monoisotopic (exact) mass is 680 g/mol. The summed E-state index contributed by atoms with van der Waals surface area (Å²) < 4.78 is 41.1. The molecule has 1 saturated heterocycles. The number of aliphatic carboxylic acids is 1. The highest BCUT2D eigenvalue weighted by molar-refractivity contribution is 7.80. The Hall–Kier alpha value is -4.13. The van der Waals surface area contributed by atoms with E-state index in [-0.39, 0.29) is 10.8 Å². The van der Waals surface area contributed by atoms with Gasteiger partial charge in [-0.3, -0.25) is 19.1 Å². The predicted octanol–water partition coefficient (Wildman–Crippen LogP) is 2.19. The Morgan fingerprint density at radius 3 is 2.43 bits per heavy atom. The van der Waals surface area contributed by atoms with Crippen LogP contribution in [0.2, 0.25) is 0 Å². The molecule has 1 aromatic heterocycles. The highest BCUT2D eigenvalue weighted by Gasteiger charge is 2.57. The van der Waals surface area contributed by atoms with Crippen LogP contribution in [0.3, 0.4) is 0 Å². The number of anilines is 1. The largest absolute Gasteiger partial charge is 0.489 e. The van der Waals surface area contributed by atoms with Gasteiger partial charge >= 0.3 is 16.4 Å². The predicted molar refractivity (Wildman–Crippen MR) is 166 cm³/mol. The molecule has 2 heterocycles. The van der Waals surface area contributed by atoms with Crippen LogP contribution in [0.4, 0.5) is 5.13 Å². The van der Waals surface area contributed by atoms with Crippen molar-refractivity contribution in [2.45, 2.75) is 64.0 Å². The van der Waals surface area contributed by atoms with Gasteiger partial charge in [-0.25, -0.2) is 9.78 Å². The van der Waals surface area contributed by atoms with Crippen molar-refractivity contribution in [3.05, 3.63) is 40.9 Å². The first-order chi connectivity index (χ1) is 21.7. The number of nitrogens with two attached hydrogens (primary N) is 2. The molecule has 4 rings (SSSR count). The average molecular weight is 681 g/mol. The third-order valence-electron chi connectivity index (χ3n) is 7.80. The van der Waals surface area contributed by atoms with Crippen LogP contribution < -0.4 is 16.2 Å². The van der Waals surface area contributed by atoms with E-state index < -0.39 is 64.4 Å². The minimum Gasteiger partial charge on any atom is -0.489 e. The molecule has 0 unspecified atom stereocenters. The molecule has 2 aliphatic rings. The van der Waals surface area contributed by atoms with Crippen molar-refractivity contribution < 1.29 is 46.3 Å². The topological polar surface area (TPSA) is 246 Å². The van der Waals surface area contributed by atoms with Crippen molar-refractivity contribution in [1.82, 2.24) is 10.0 Å². The molecule has 0 radical (unpaired) electrons. The Morgan fingerprint density at radius 2 is 1.87 bits per heavy atom. The Bertz CT molecular complexity index is 1600. The number of amidine groups is 1. The number of amides is 1. The SMILES string of the molecule is CC1(C)[C@H](CC(=O)/C(=N\O[C@@H](COc2ccc(C(N)=NCC3CCCCC3)cc2)C(=O)O)c2csc(N)n2)C(=O)N1OS(=O)(=O)O. The summed E-state index contributed by atoms with van der Waals surface area (Å²) >= 11 is 0.987. The Morgan fingerprint density at radius 1 is 1.20 bits per heavy atom. The zero-order valence-corrected chi connectivity index (χ0v) is 26.8. The molecule has 0 bridgehead atoms. The first-order valence-corrected chi connectivity index (χ1v) is 16.7. The van der Waals surface area contributed by atoms with Gasteiger partial charge in [0, 0.05) is 23.9 Å². The van der Waals surface area contributed by atoms with Gasteiger partial charge in [-0.15, -0.1) is 15.6 Å². The molecule has 18 heteroatoms. The maximum absolute atomic E-state index is 13.3. The number of carboxylic acid groups (broad SMARTS) is 1. The lowest BCUT2D eigenvalue weighted by Gasteiger charge is -2.50. The van der Waals surface area contributed by atoms with E-state index >= 15 is 0 Å². The van der Waals surface area contributed by atoms with E-state index in [4.69, 9.17) is 25.6 Å². The molecule has 1 aromatic carbocycles. The Balaban J connectivity index is 1.41. The molecule has 2 fully saturated rings. The summed E-state index contributed by atoms with van der Waals surface area (Å²) in [5.74, 6) is -2.88. The zero-order valence-electron chi connectivity index (χ0n) is 25.2. The summed E-state index contributed by atoms with van der Waals surface area (Å²) in [7, 11) is -4.99. The summed E-state index contributed by atoms with van der Waals surface area (Å²) in [5, 5.41) is 15.4. The van der Waals surface area contributed by atoms with E-state index in [0.717, 1.165) is 24.2 Å². The summed E-state index contributed by atoms with van der Waals surface area (Å²) in [5.41, 5.74) is 10.8. The second-order valence-corrected chi connectivity index (χ2v) is 13.4. The van der Waals surface area contributed by atoms with Crippen LogP contribution >= 0.6 is 11.3 Å². The zero-order chi connectivity index (χ0) is 33.6. The van der Waals surface area contributed by atoms with Gasteiger partial charge in [0.2, 0.25) is 0 Å². The summed E-state index contributed by atoms with van der Waals surface area (Å²) in [6.45, 7) is 3.04. The quantitative estimate of drug-likeness (QED) is 0.0693. The van der Waals surface area contributed by atoms with Crippen LogP contribution in [0, 0.1) is 11.8 Å². The van der Waals surface area contributed by atoms with Crippen molar-refractivity contribution in [2.75, 3.05) is 18.9 Å². The molecule has 16 nitrogen and oxygen atoms in total. The number of rotatable bonds is 15. The Kier molecular flexibility index (Phi) is 11.0. The fourth-order valence-corrected chi connectivity index (χ4v) is 6.13. The summed E-state index contributed by atoms with van der Waals surface area (Å²) in [4.78, 5) is 51.5. The van der Waals surface area contributed by atoms with Crippen LogP contribution in [0.5, 0.6) is 5.75 Å². The van der Waals surface area contributed by atoms with Crippen LogP contribution in [-0.4, -0.2) is 82.1 Å². The molecule has 1 aliphatic heterocycles. The number of hydroxylamine groups is 2. The molecule has 6 N–H and O–H groups in total. The number of nitrogen functional groups attached to an aromatic ring is 1. The number of β-lactam (4-membered cyclic amide) rings is 1. The van der Waals surface area contributed by atoms with Gasteiger partial charge in [-0.2, -0.15) is 13.5 Å². The smallest absolute Gasteiger partial charge is 0.418 e. The number of thiazole rings is 1. The van der Waals surface area contributed by atoms with Gasteiger partial charge in [0.15, 0.2) is 16.6 Å². The Labute approximate surface area is 269 Å². The number of ketones is 1. The van der Waals surface area contributed by atoms with E-state index in [2.05, 4.69) is 19.4 Å². The third-order valence-corrected chi connectivity index (χ3v) is 8.82. The standard InChI is InChI=1S/C28H36N6O10S2/c1-28(2)19(25(36)34(28)44-46(39,40)41)12-21(35)23(20-15-45-27(30)32-20)33-43-22(26(37)38)14-42-18-10-8-17(9-11-18)24(29)31-13-16-6-4-3-5-7-16/h8-11,15-16,19,22H,3-7,12-14H2,1-2H3,(H2,29,31)(H2,30,32)(H,37,38)(H,39,40,41)/b33-23-/t19-,22+/m1/s1. The number of Topliss-reactive ketones (excluding diaryl/α,β-unsaturated/α-hetero) is 1. The molecule has 1 aliphatic carbocycles. The molecule has 250 valence electrons. The van der Waals surface area contributed by atoms with E-state index in [1.165, 1.54) is 38.5 Å². The fourth-order valence-electron chi connectivity index (χ4n) is 5.13. The lowest BCUT2D eigenvalue weighted by molar-refractivity contribution is -0.228. The van der Waals surface area contributed by atoms with Crippen molar-refractivity contribution in [2.24, 2.45) is 27.7 Å². The van der Waals surface area contributed by atoms with Crippen molar-refractivity contribution in [1.29, 1.82) is 0 Å². The van der Waals surface area contributed by atoms with Gasteiger partial charge in [0.05, 0.1) is 11.5 Å². The van der Waals surface area contributed by atoms with Crippen molar-refractivity contribution >= 4 is 56.1 Å². The fraction of sp³-hybridized carbons (Fsp3) is 0.500. The number of nitrogens with zero attached hydrogens (tertiary/aromatic N) is 4. The second-order valence-electron chi connectivity index (χ2n) is 11.5. The van der Waals surface area contributed by atoms with Crippen LogP contribution in [0.1, 0.15) is 63.6 Å². The highest BCUT2D eigenvalue weighted by atomic mass is 32.3. The number of oxime groups is 1. The van der Waals surface area contributed by atoms with E-state index in [0.29, 0.717) is 34.7 Å². The first kappa shape index (κ1) is 34.7. The number of aliphatic imine (C=N–C) groups is 1. The summed E-state index contributed by atoms with van der Waals surface area (Å²) in [6, 6.07) is 6.64. The van der Waals surface area contributed by atoms with E-state index in [9.17, 15) is 27.9 Å². The lowest BCUT2D eigenvalue weighted by Crippen LogP contribution is -2.68. The van der Waals surface area contributed by atoms with Gasteiger partial charge in [-0.1, -0.05) is 24.4 Å². The maximum Gasteiger partial charge on any atom is 0.418 e. The molecule has 0 spiro atoms. The molecule has 1 amide bonds. The molecular formula is C28H36N6O10S2.